The number of amides is 1. The number of hydrogen-bond donors (Lipinski definition) is 2. The molecule has 0 radical (unpaired) electrons. The lowest BCUT2D eigenvalue weighted by atomic mass is 10.1. The number of rotatable bonds is 5. The molecule has 0 bridgehead atoms. The van der Waals surface area contributed by atoms with Gasteiger partial charge in [-0.1, -0.05) is 25.1 Å². The summed E-state index contributed by atoms with van der Waals surface area (Å²) in [4.78, 5) is 13.5. The Morgan fingerprint density at radius 3 is 2.55 bits per heavy atom. The lowest BCUT2D eigenvalue weighted by molar-refractivity contribution is -0.115. The van der Waals surface area contributed by atoms with E-state index in [1.54, 1.807) is 0 Å². The summed E-state index contributed by atoms with van der Waals surface area (Å²) < 4.78 is 0. The monoisotopic (exact) mass is 314 g/mol. The fraction of sp³-hybridized carbons (Fsp3) is 0.278. The molecule has 1 atom stereocenters. The maximum Gasteiger partial charge on any atom is 0.237 e. The van der Waals surface area contributed by atoms with Crippen molar-refractivity contribution in [3.05, 3.63) is 53.6 Å². The molecule has 0 unspecified atom stereocenters. The predicted molar refractivity (Wildman–Crippen MR) is 95.4 cm³/mol. The predicted octanol–water partition coefficient (Wildman–Crippen LogP) is 4.26. The molecule has 0 aliphatic rings. The number of para-hydroxylation sites is 1. The summed E-state index contributed by atoms with van der Waals surface area (Å²) in [7, 11) is 0. The summed E-state index contributed by atoms with van der Waals surface area (Å²) in [5, 5.41) is 2.90. The molecule has 0 heterocycles. The van der Waals surface area contributed by atoms with E-state index in [0.29, 0.717) is 0 Å². The minimum atomic E-state index is -0.173. The van der Waals surface area contributed by atoms with Crippen LogP contribution in [-0.4, -0.2) is 11.2 Å². The van der Waals surface area contributed by atoms with E-state index in [9.17, 15) is 4.79 Å². The van der Waals surface area contributed by atoms with E-state index in [4.69, 9.17) is 5.73 Å². The van der Waals surface area contributed by atoms with Crippen LogP contribution < -0.4 is 11.1 Å². The number of benzene rings is 2. The van der Waals surface area contributed by atoms with E-state index in [-0.39, 0.29) is 11.2 Å². The van der Waals surface area contributed by atoms with Crippen LogP contribution in [0.1, 0.15) is 25.0 Å². The molecule has 1 amide bonds. The van der Waals surface area contributed by atoms with Gasteiger partial charge in [-0.25, -0.2) is 0 Å². The van der Waals surface area contributed by atoms with Gasteiger partial charge in [-0.05, 0) is 55.7 Å². The van der Waals surface area contributed by atoms with E-state index >= 15 is 0 Å². The van der Waals surface area contributed by atoms with Crippen LogP contribution in [0.3, 0.4) is 0 Å². The standard InChI is InChI=1S/C18H22N2OS/c1-4-14-7-5-6-12(2)17(14)20-18(21)13(3)22-16-10-8-15(19)9-11-16/h5-11,13H,4,19H2,1-3H3,(H,20,21)/t13-/m1/s1. The van der Waals surface area contributed by atoms with E-state index in [1.165, 1.54) is 11.8 Å². The number of anilines is 2. The zero-order chi connectivity index (χ0) is 16.1. The van der Waals surface area contributed by atoms with Crippen molar-refractivity contribution in [1.29, 1.82) is 0 Å². The Labute approximate surface area is 136 Å². The molecule has 0 spiro atoms. The summed E-state index contributed by atoms with van der Waals surface area (Å²) in [5.74, 6) is 0.0193. The normalized spacial score (nSPS) is 12.0. The first kappa shape index (κ1) is 16.4. The molecule has 2 aromatic rings. The lowest BCUT2D eigenvalue weighted by Gasteiger charge is -2.16. The lowest BCUT2D eigenvalue weighted by Crippen LogP contribution is -2.23. The number of carbonyl (C=O) groups excluding carboxylic acids is 1. The molecule has 0 aliphatic carbocycles. The largest absolute Gasteiger partial charge is 0.399 e. The van der Waals surface area contributed by atoms with Gasteiger partial charge in [0.05, 0.1) is 5.25 Å². The van der Waals surface area contributed by atoms with Crippen molar-refractivity contribution in [2.75, 3.05) is 11.1 Å². The molecule has 0 aromatic heterocycles. The maximum absolute atomic E-state index is 12.4. The molecule has 2 aromatic carbocycles. The summed E-state index contributed by atoms with van der Waals surface area (Å²) in [6.07, 6.45) is 0.900. The number of hydrogen-bond acceptors (Lipinski definition) is 3. The Kier molecular flexibility index (Phi) is 5.50. The second kappa shape index (κ2) is 7.36. The first-order valence-corrected chi connectivity index (χ1v) is 8.30. The fourth-order valence-corrected chi connectivity index (χ4v) is 3.10. The molecule has 4 heteroatoms. The average molecular weight is 314 g/mol. The van der Waals surface area contributed by atoms with E-state index in [1.807, 2.05) is 50.2 Å². The third-order valence-electron chi connectivity index (χ3n) is 3.55. The minimum absolute atomic E-state index is 0.0193. The zero-order valence-corrected chi connectivity index (χ0v) is 14.0. The topological polar surface area (TPSA) is 55.1 Å². The number of nitrogen functional groups attached to an aromatic ring is 1. The van der Waals surface area contributed by atoms with Crippen molar-refractivity contribution in [2.45, 2.75) is 37.3 Å². The van der Waals surface area contributed by atoms with Crippen LogP contribution in [0, 0.1) is 6.92 Å². The molecule has 0 fully saturated rings. The summed E-state index contributed by atoms with van der Waals surface area (Å²) in [5.41, 5.74) is 9.61. The van der Waals surface area contributed by atoms with Gasteiger partial charge in [-0.15, -0.1) is 11.8 Å². The highest BCUT2D eigenvalue weighted by molar-refractivity contribution is 8.00. The molecule has 0 aliphatic heterocycles. The Morgan fingerprint density at radius 1 is 1.23 bits per heavy atom. The minimum Gasteiger partial charge on any atom is -0.399 e. The van der Waals surface area contributed by atoms with Crippen LogP contribution in [0.15, 0.2) is 47.4 Å². The number of nitrogens with one attached hydrogen (secondary N) is 1. The molecule has 3 nitrogen and oxygen atoms in total. The Balaban J connectivity index is 2.07. The number of aryl methyl sites for hydroxylation is 2. The van der Waals surface area contributed by atoms with Gasteiger partial charge in [0.25, 0.3) is 0 Å². The van der Waals surface area contributed by atoms with Crippen molar-refractivity contribution >= 4 is 29.0 Å². The van der Waals surface area contributed by atoms with Crippen molar-refractivity contribution in [3.8, 4) is 0 Å². The number of thioether (sulfide) groups is 1. The third-order valence-corrected chi connectivity index (χ3v) is 4.66. The van der Waals surface area contributed by atoms with Crippen molar-refractivity contribution in [1.82, 2.24) is 0 Å². The zero-order valence-electron chi connectivity index (χ0n) is 13.2. The van der Waals surface area contributed by atoms with Gasteiger partial charge in [0.15, 0.2) is 0 Å². The molecule has 3 N–H and O–H groups in total. The summed E-state index contributed by atoms with van der Waals surface area (Å²) >= 11 is 1.53. The van der Waals surface area contributed by atoms with Gasteiger partial charge < -0.3 is 11.1 Å². The van der Waals surface area contributed by atoms with Gasteiger partial charge in [0, 0.05) is 16.3 Å². The second-order valence-corrected chi connectivity index (χ2v) is 6.70. The smallest absolute Gasteiger partial charge is 0.237 e. The van der Waals surface area contributed by atoms with Gasteiger partial charge in [0.1, 0.15) is 0 Å². The first-order valence-electron chi connectivity index (χ1n) is 7.42. The van der Waals surface area contributed by atoms with Gasteiger partial charge >= 0.3 is 0 Å². The van der Waals surface area contributed by atoms with Crippen LogP contribution in [0.25, 0.3) is 0 Å². The van der Waals surface area contributed by atoms with Crippen LogP contribution in [0.4, 0.5) is 11.4 Å². The SMILES string of the molecule is CCc1cccc(C)c1NC(=O)[C@@H](C)Sc1ccc(N)cc1. The highest BCUT2D eigenvalue weighted by atomic mass is 32.2. The van der Waals surface area contributed by atoms with Crippen molar-refractivity contribution in [3.63, 3.8) is 0 Å². The summed E-state index contributed by atoms with van der Waals surface area (Å²) in [6.45, 7) is 6.03. The Bertz CT molecular complexity index is 653. The van der Waals surface area contributed by atoms with Crippen LogP contribution >= 0.6 is 11.8 Å². The average Bonchev–Trinajstić information content (AvgIpc) is 2.51. The Hall–Kier alpha value is -1.94. The maximum atomic E-state index is 12.4. The molecular formula is C18H22N2OS. The Morgan fingerprint density at radius 2 is 1.91 bits per heavy atom. The summed E-state index contributed by atoms with van der Waals surface area (Å²) in [6, 6.07) is 13.7. The molecular weight excluding hydrogens is 292 g/mol. The van der Waals surface area contributed by atoms with E-state index in [2.05, 4.69) is 18.3 Å². The van der Waals surface area contributed by atoms with Crippen LogP contribution in [0.2, 0.25) is 0 Å². The van der Waals surface area contributed by atoms with Crippen LogP contribution in [0.5, 0.6) is 0 Å². The van der Waals surface area contributed by atoms with E-state index < -0.39 is 0 Å². The van der Waals surface area contributed by atoms with Crippen molar-refractivity contribution < 1.29 is 4.79 Å². The van der Waals surface area contributed by atoms with E-state index in [0.717, 1.165) is 33.8 Å². The molecule has 0 saturated heterocycles. The quantitative estimate of drug-likeness (QED) is 0.640. The number of nitrogens with two attached hydrogens (primary N) is 1. The molecule has 116 valence electrons. The highest BCUT2D eigenvalue weighted by Gasteiger charge is 2.16. The fourth-order valence-electron chi connectivity index (χ4n) is 2.23. The van der Waals surface area contributed by atoms with Gasteiger partial charge in [0.2, 0.25) is 5.91 Å². The highest BCUT2D eigenvalue weighted by Crippen LogP contribution is 2.27. The second-order valence-electron chi connectivity index (χ2n) is 5.28. The van der Waals surface area contributed by atoms with Crippen LogP contribution in [-0.2, 0) is 11.2 Å². The molecule has 22 heavy (non-hydrogen) atoms. The van der Waals surface area contributed by atoms with Crippen molar-refractivity contribution in [2.24, 2.45) is 0 Å². The molecule has 2 rings (SSSR count). The van der Waals surface area contributed by atoms with Gasteiger partial charge in [-0.2, -0.15) is 0 Å². The third kappa shape index (κ3) is 4.04. The molecule has 0 saturated carbocycles. The number of carbonyl (C=O) groups is 1. The van der Waals surface area contributed by atoms with Gasteiger partial charge in [-0.3, -0.25) is 4.79 Å². The first-order chi connectivity index (χ1) is 10.5.